The molecule has 0 saturated carbocycles. The summed E-state index contributed by atoms with van der Waals surface area (Å²) < 4.78 is 56.7. The lowest BCUT2D eigenvalue weighted by Gasteiger charge is -2.29. The van der Waals surface area contributed by atoms with Crippen molar-refractivity contribution < 1.29 is 36.8 Å². The van der Waals surface area contributed by atoms with Crippen LogP contribution in [0.3, 0.4) is 0 Å². The topological polar surface area (TPSA) is 201 Å². The van der Waals surface area contributed by atoms with E-state index < -0.39 is 32.6 Å². The van der Waals surface area contributed by atoms with Gasteiger partial charge in [-0.3, -0.25) is 19.3 Å². The minimum absolute atomic E-state index is 0.115. The van der Waals surface area contributed by atoms with E-state index in [2.05, 4.69) is 25.2 Å². The van der Waals surface area contributed by atoms with E-state index in [1.807, 2.05) is 45.0 Å². The predicted octanol–water partition coefficient (Wildman–Crippen LogP) is 6.86. The van der Waals surface area contributed by atoms with E-state index in [1.54, 1.807) is 60.8 Å². The van der Waals surface area contributed by atoms with Gasteiger partial charge in [0.15, 0.2) is 5.75 Å². The van der Waals surface area contributed by atoms with Crippen LogP contribution in [-0.2, 0) is 26.6 Å². The third-order valence-corrected chi connectivity index (χ3v) is 11.7. The second-order valence-corrected chi connectivity index (χ2v) is 18.8. The number of anilines is 5. The maximum Gasteiger partial charge on any atom is 0.324 e. The van der Waals surface area contributed by atoms with Crippen molar-refractivity contribution in [3.63, 3.8) is 0 Å². The predicted molar refractivity (Wildman–Crippen MR) is 238 cm³/mol. The first-order valence-electron chi connectivity index (χ1n) is 19.3. The van der Waals surface area contributed by atoms with Crippen LogP contribution in [0.1, 0.15) is 43.1 Å². The molecule has 0 unspecified atom stereocenters. The lowest BCUT2D eigenvalue weighted by Crippen LogP contribution is -2.41. The van der Waals surface area contributed by atoms with E-state index in [9.17, 15) is 22.6 Å². The quantitative estimate of drug-likeness (QED) is 0.0634. The monoisotopic (exact) mass is 857 g/mol. The maximum absolute atomic E-state index is 13.4. The first-order chi connectivity index (χ1) is 28.5. The summed E-state index contributed by atoms with van der Waals surface area (Å²) in [4.78, 5) is 34.5. The Labute approximate surface area is 353 Å². The summed E-state index contributed by atoms with van der Waals surface area (Å²) in [5.41, 5.74) is 8.26. The molecule has 15 nitrogen and oxygen atoms in total. The highest BCUT2D eigenvalue weighted by Crippen LogP contribution is 2.46. The minimum Gasteiger partial charge on any atom is -0.616 e. The fourth-order valence-electron chi connectivity index (χ4n) is 6.88. The minimum atomic E-state index is -3.72. The van der Waals surface area contributed by atoms with Crippen molar-refractivity contribution in [2.24, 2.45) is 5.73 Å². The number of amides is 3. The molecule has 318 valence electrons. The Morgan fingerprint density at radius 3 is 2.33 bits per heavy atom. The Morgan fingerprint density at radius 1 is 0.933 bits per heavy atom. The Bertz CT molecular complexity index is 2470. The molecule has 1 aliphatic heterocycles. The van der Waals surface area contributed by atoms with Gasteiger partial charge in [-0.2, -0.15) is 0 Å². The molecule has 6 rings (SSSR count). The number of nitrogens with zero attached hydrogens (tertiary/aromatic N) is 3. The molecule has 3 amide bonds. The smallest absolute Gasteiger partial charge is 0.324 e. The number of ether oxygens (including phenoxy) is 3. The van der Waals surface area contributed by atoms with Crippen LogP contribution in [0.5, 0.6) is 23.0 Å². The highest BCUT2D eigenvalue weighted by Gasteiger charge is 2.28. The molecule has 1 aromatic heterocycles. The Kier molecular flexibility index (Phi) is 13.6. The molecule has 0 spiro atoms. The lowest BCUT2D eigenvalue weighted by molar-refractivity contribution is 0.0948. The number of hydrogen-bond donors (Lipinski definition) is 4. The van der Waals surface area contributed by atoms with Crippen LogP contribution in [0.2, 0.25) is 0 Å². The molecule has 0 bridgehead atoms. The fourth-order valence-corrected chi connectivity index (χ4v) is 8.56. The van der Waals surface area contributed by atoms with Crippen LogP contribution in [-0.4, -0.2) is 93.0 Å². The molecule has 5 aromatic rings. The zero-order chi connectivity index (χ0) is 43.2. The number of fused-ring (bicyclic) bond motifs is 1. The summed E-state index contributed by atoms with van der Waals surface area (Å²) in [6.45, 7) is 8.89. The number of pyridine rings is 1. The van der Waals surface area contributed by atoms with E-state index in [4.69, 9.17) is 19.9 Å². The number of carbonyl (C=O) groups excluding carboxylic acids is 2. The number of aromatic nitrogens is 1. The Hall–Kier alpha value is -5.75. The molecule has 17 heteroatoms. The molecule has 2 heterocycles. The molecule has 0 aliphatic carbocycles. The van der Waals surface area contributed by atoms with Crippen LogP contribution in [0.15, 0.2) is 85.1 Å². The Balaban J connectivity index is 1.22. The van der Waals surface area contributed by atoms with Gasteiger partial charge in [-0.15, -0.1) is 0 Å². The second kappa shape index (κ2) is 18.7. The van der Waals surface area contributed by atoms with Gasteiger partial charge in [0.05, 0.1) is 43.1 Å². The van der Waals surface area contributed by atoms with Gasteiger partial charge in [-0.05, 0) is 59.9 Å². The van der Waals surface area contributed by atoms with Crippen LogP contribution < -0.4 is 40.2 Å². The third kappa shape index (κ3) is 10.7. The normalized spacial score (nSPS) is 13.7. The van der Waals surface area contributed by atoms with Crippen molar-refractivity contribution in [2.75, 3.05) is 73.1 Å². The zero-order valence-corrected chi connectivity index (χ0v) is 36.2. The third-order valence-electron chi connectivity index (χ3n) is 9.88. The first-order valence-corrected chi connectivity index (χ1v) is 22.7. The number of urea groups is 1. The largest absolute Gasteiger partial charge is 0.616 e. The van der Waals surface area contributed by atoms with Crippen molar-refractivity contribution in [1.82, 2.24) is 15.2 Å². The average molecular weight is 858 g/mol. The summed E-state index contributed by atoms with van der Waals surface area (Å²) >= 11 is -0.719. The van der Waals surface area contributed by atoms with Crippen LogP contribution in [0, 0.1) is 0 Å². The summed E-state index contributed by atoms with van der Waals surface area (Å²) in [6, 6.07) is 22.1. The van der Waals surface area contributed by atoms with Gasteiger partial charge in [0.1, 0.15) is 34.6 Å². The van der Waals surface area contributed by atoms with E-state index in [0.29, 0.717) is 68.8 Å². The summed E-state index contributed by atoms with van der Waals surface area (Å²) in [5.74, 6) is 3.09. The molecule has 1 saturated heterocycles. The molecule has 0 atom stereocenters. The lowest BCUT2D eigenvalue weighted by atomic mass is 9.86. The van der Waals surface area contributed by atoms with Crippen molar-refractivity contribution in [3.8, 4) is 23.0 Å². The maximum atomic E-state index is 13.4. The van der Waals surface area contributed by atoms with E-state index in [1.165, 1.54) is 19.1 Å². The number of carbonyl (C=O) groups is 2. The number of primary amides is 1. The summed E-state index contributed by atoms with van der Waals surface area (Å²) in [6.07, 6.45) is 3.42. The molecular formula is C43H51N7O8S2. The molecule has 5 N–H and O–H groups in total. The van der Waals surface area contributed by atoms with Crippen molar-refractivity contribution in [3.05, 3.63) is 96.2 Å². The number of rotatable bonds is 15. The zero-order valence-electron chi connectivity index (χ0n) is 34.5. The number of nitrogens with two attached hydrogens (primary N) is 1. The van der Waals surface area contributed by atoms with Crippen molar-refractivity contribution in [1.29, 1.82) is 0 Å². The van der Waals surface area contributed by atoms with E-state index in [0.717, 1.165) is 37.9 Å². The van der Waals surface area contributed by atoms with Gasteiger partial charge in [-0.1, -0.05) is 56.2 Å². The molecular weight excluding hydrogens is 807 g/mol. The number of nitrogens with one attached hydrogen (secondary N) is 3. The first kappa shape index (κ1) is 43.8. The van der Waals surface area contributed by atoms with Crippen molar-refractivity contribution >= 4 is 72.5 Å². The number of sulfonamides is 1. The van der Waals surface area contributed by atoms with Gasteiger partial charge in [0.2, 0.25) is 10.0 Å². The summed E-state index contributed by atoms with van der Waals surface area (Å²) in [7, 11) is -0.820. The second-order valence-electron chi connectivity index (χ2n) is 15.3. The van der Waals surface area contributed by atoms with Crippen LogP contribution in [0.4, 0.5) is 33.4 Å². The molecule has 4 aromatic carbocycles. The van der Waals surface area contributed by atoms with Gasteiger partial charge >= 0.3 is 6.03 Å². The molecule has 1 fully saturated rings. The number of benzene rings is 4. The standard InChI is InChI=1S/C43H51N7O8S2/c1-43(2,3)28-24-34(48-60(6,54)55)40(57-5)36(25-28)50(42(44)52)35-14-15-37(32-11-8-7-10-31(32)35)58-30-16-18-45-39(27-30)47-29-12-13-33(38(26-29)56-4)41(51)46-17-9-19-49-20-22-59(53)23-21-49/h7-8,10-16,18,24-27,48H,9,17,19-23H2,1-6H3,(H2,44,52)(H,45,47)(H,46,51). The van der Waals surface area contributed by atoms with Crippen molar-refractivity contribution in [2.45, 2.75) is 32.6 Å². The SMILES string of the molecule is COc1cc(Nc2cc(Oc3ccc(N(C(N)=O)c4cc(C(C)(C)C)cc(NS(C)(=O)=O)c4OC)c4ccccc34)ccn2)ccc1C(=O)NCCCN1CC[S+]([O-])CC1. The molecule has 60 heavy (non-hydrogen) atoms. The molecule has 0 radical (unpaired) electrons. The average Bonchev–Trinajstić information content (AvgIpc) is 3.20. The highest BCUT2D eigenvalue weighted by molar-refractivity contribution is 7.92. The van der Waals surface area contributed by atoms with Gasteiger partial charge in [-0.25, -0.2) is 18.2 Å². The molecule has 1 aliphatic rings. The van der Waals surface area contributed by atoms with Gasteiger partial charge in [0.25, 0.3) is 5.91 Å². The van der Waals surface area contributed by atoms with E-state index in [-0.39, 0.29) is 23.0 Å². The van der Waals surface area contributed by atoms with Gasteiger partial charge < -0.3 is 35.1 Å². The van der Waals surface area contributed by atoms with E-state index >= 15 is 0 Å². The van der Waals surface area contributed by atoms with Gasteiger partial charge in [0, 0.05) is 61.0 Å². The summed E-state index contributed by atoms with van der Waals surface area (Å²) in [5, 5.41) is 7.51. The Morgan fingerprint density at radius 2 is 1.67 bits per heavy atom. The highest BCUT2D eigenvalue weighted by atomic mass is 32.2. The number of hydrogen-bond acceptors (Lipinski definition) is 11. The number of methoxy groups -OCH3 is 2. The van der Waals surface area contributed by atoms with Crippen LogP contribution in [0.25, 0.3) is 10.8 Å². The van der Waals surface area contributed by atoms with Crippen LogP contribution >= 0.6 is 0 Å². The fraction of sp³-hybridized carbons (Fsp3) is 0.326.